The van der Waals surface area contributed by atoms with Gasteiger partial charge in [0, 0.05) is 13.1 Å². The van der Waals surface area contributed by atoms with Gasteiger partial charge in [-0.2, -0.15) is 0 Å². The van der Waals surface area contributed by atoms with Crippen LogP contribution in [0.4, 0.5) is 4.39 Å². The molecule has 1 heterocycles. The van der Waals surface area contributed by atoms with Crippen LogP contribution >= 0.6 is 0 Å². The fourth-order valence-electron chi connectivity index (χ4n) is 1.29. The zero-order chi connectivity index (χ0) is 8.72. The average molecular weight is 164 g/mol. The van der Waals surface area contributed by atoms with Gasteiger partial charge in [-0.3, -0.25) is 0 Å². The fourth-order valence-corrected chi connectivity index (χ4v) is 1.29. The first-order valence-corrected chi connectivity index (χ1v) is 3.77. The van der Waals surface area contributed by atoms with Crippen LogP contribution in [0.2, 0.25) is 0 Å². The van der Waals surface area contributed by atoms with Crippen LogP contribution in [0.25, 0.3) is 11.0 Å². The first-order valence-electron chi connectivity index (χ1n) is 3.77. The standard InChI is InChI=1S/C9H9FN2/c1-6-11-8-5-7(10)3-4-9(8)12(6)2/h3-5H,1-2H3. The highest BCUT2D eigenvalue weighted by atomic mass is 19.1. The fraction of sp³-hybridized carbons (Fsp3) is 0.222. The summed E-state index contributed by atoms with van der Waals surface area (Å²) in [6, 6.07) is 4.64. The van der Waals surface area contributed by atoms with E-state index in [2.05, 4.69) is 4.98 Å². The summed E-state index contributed by atoms with van der Waals surface area (Å²) in [4.78, 5) is 4.20. The van der Waals surface area contributed by atoms with Crippen LogP contribution in [0, 0.1) is 12.7 Å². The van der Waals surface area contributed by atoms with Crippen molar-refractivity contribution in [1.29, 1.82) is 0 Å². The zero-order valence-electron chi connectivity index (χ0n) is 7.00. The Bertz CT molecular complexity index is 431. The highest BCUT2D eigenvalue weighted by Gasteiger charge is 2.03. The highest BCUT2D eigenvalue weighted by Crippen LogP contribution is 2.14. The molecule has 2 aromatic rings. The molecule has 0 fully saturated rings. The first-order chi connectivity index (χ1) is 5.68. The SMILES string of the molecule is Cc1nc2cc(F)ccc2n1C. The van der Waals surface area contributed by atoms with Crippen LogP contribution in [-0.2, 0) is 7.05 Å². The molecule has 0 saturated heterocycles. The summed E-state index contributed by atoms with van der Waals surface area (Å²) >= 11 is 0. The highest BCUT2D eigenvalue weighted by molar-refractivity contribution is 5.75. The molecule has 3 heteroatoms. The third kappa shape index (κ3) is 0.897. The number of rotatable bonds is 0. The molecule has 0 amide bonds. The maximum atomic E-state index is 12.7. The van der Waals surface area contributed by atoms with E-state index in [4.69, 9.17) is 0 Å². The first kappa shape index (κ1) is 7.28. The summed E-state index contributed by atoms with van der Waals surface area (Å²) in [5.74, 6) is 0.663. The summed E-state index contributed by atoms with van der Waals surface area (Å²) in [5.41, 5.74) is 1.68. The molecule has 0 unspecified atom stereocenters. The van der Waals surface area contributed by atoms with E-state index in [1.807, 2.05) is 18.5 Å². The van der Waals surface area contributed by atoms with E-state index in [0.717, 1.165) is 16.9 Å². The van der Waals surface area contributed by atoms with Gasteiger partial charge in [0.05, 0.1) is 11.0 Å². The van der Waals surface area contributed by atoms with Crippen LogP contribution in [0.5, 0.6) is 0 Å². The van der Waals surface area contributed by atoms with Crippen LogP contribution in [0.3, 0.4) is 0 Å². The molecular formula is C9H9FN2. The maximum absolute atomic E-state index is 12.7. The van der Waals surface area contributed by atoms with Crippen molar-refractivity contribution in [2.24, 2.45) is 7.05 Å². The number of benzene rings is 1. The Morgan fingerprint density at radius 1 is 1.42 bits per heavy atom. The van der Waals surface area contributed by atoms with E-state index < -0.39 is 0 Å². The van der Waals surface area contributed by atoms with E-state index in [1.54, 1.807) is 6.07 Å². The Labute approximate surface area is 69.6 Å². The summed E-state index contributed by atoms with van der Waals surface area (Å²) in [6.07, 6.45) is 0. The lowest BCUT2D eigenvalue weighted by atomic mass is 10.3. The molecule has 12 heavy (non-hydrogen) atoms. The Morgan fingerprint density at radius 2 is 2.17 bits per heavy atom. The van der Waals surface area contributed by atoms with Gasteiger partial charge in [-0.25, -0.2) is 9.37 Å². The minimum Gasteiger partial charge on any atom is -0.331 e. The van der Waals surface area contributed by atoms with Gasteiger partial charge in [0.15, 0.2) is 0 Å². The minimum absolute atomic E-state index is 0.236. The molecule has 0 bridgehead atoms. The molecule has 0 aliphatic heterocycles. The smallest absolute Gasteiger partial charge is 0.125 e. The Balaban J connectivity index is 2.87. The van der Waals surface area contributed by atoms with Crippen LogP contribution in [-0.4, -0.2) is 9.55 Å². The van der Waals surface area contributed by atoms with Crippen molar-refractivity contribution in [3.05, 3.63) is 29.8 Å². The van der Waals surface area contributed by atoms with Gasteiger partial charge in [0.1, 0.15) is 11.6 Å². The molecule has 1 aromatic carbocycles. The Hall–Kier alpha value is -1.38. The predicted molar refractivity (Wildman–Crippen MR) is 45.4 cm³/mol. The van der Waals surface area contributed by atoms with Gasteiger partial charge in [-0.15, -0.1) is 0 Å². The minimum atomic E-state index is -0.236. The topological polar surface area (TPSA) is 17.8 Å². The van der Waals surface area contributed by atoms with Crippen LogP contribution in [0.1, 0.15) is 5.82 Å². The molecule has 2 nitrogen and oxygen atoms in total. The monoisotopic (exact) mass is 164 g/mol. The molecule has 0 saturated carbocycles. The average Bonchev–Trinajstić information content (AvgIpc) is 2.28. The van der Waals surface area contributed by atoms with E-state index in [0.29, 0.717) is 0 Å². The molecule has 0 aliphatic rings. The second-order valence-electron chi connectivity index (χ2n) is 2.85. The number of aryl methyl sites for hydroxylation is 2. The Morgan fingerprint density at radius 3 is 2.92 bits per heavy atom. The van der Waals surface area contributed by atoms with E-state index in [9.17, 15) is 4.39 Å². The van der Waals surface area contributed by atoms with Gasteiger partial charge in [-0.05, 0) is 19.1 Å². The molecule has 1 aromatic heterocycles. The van der Waals surface area contributed by atoms with Crippen molar-refractivity contribution in [3.8, 4) is 0 Å². The van der Waals surface area contributed by atoms with E-state index in [1.165, 1.54) is 12.1 Å². The lowest BCUT2D eigenvalue weighted by molar-refractivity contribution is 0.629. The maximum Gasteiger partial charge on any atom is 0.125 e. The van der Waals surface area contributed by atoms with E-state index in [-0.39, 0.29) is 5.82 Å². The number of halogens is 1. The molecule has 2 rings (SSSR count). The zero-order valence-corrected chi connectivity index (χ0v) is 7.00. The lowest BCUT2D eigenvalue weighted by Gasteiger charge is -1.94. The van der Waals surface area contributed by atoms with Crippen molar-refractivity contribution in [1.82, 2.24) is 9.55 Å². The molecule has 0 atom stereocenters. The van der Waals surface area contributed by atoms with Crippen molar-refractivity contribution in [3.63, 3.8) is 0 Å². The number of fused-ring (bicyclic) bond motifs is 1. The molecule has 0 N–H and O–H groups in total. The van der Waals surface area contributed by atoms with Gasteiger partial charge in [0.25, 0.3) is 0 Å². The van der Waals surface area contributed by atoms with Crippen molar-refractivity contribution < 1.29 is 4.39 Å². The second kappa shape index (κ2) is 2.30. The molecule has 0 spiro atoms. The molecule has 0 radical (unpaired) electrons. The van der Waals surface area contributed by atoms with Crippen LogP contribution < -0.4 is 0 Å². The van der Waals surface area contributed by atoms with Crippen molar-refractivity contribution in [2.75, 3.05) is 0 Å². The summed E-state index contributed by atoms with van der Waals surface area (Å²) < 4.78 is 14.7. The number of imidazole rings is 1. The van der Waals surface area contributed by atoms with Gasteiger partial charge >= 0.3 is 0 Å². The van der Waals surface area contributed by atoms with Crippen molar-refractivity contribution >= 4 is 11.0 Å². The van der Waals surface area contributed by atoms with Crippen LogP contribution in [0.15, 0.2) is 18.2 Å². The van der Waals surface area contributed by atoms with Gasteiger partial charge in [0.2, 0.25) is 0 Å². The van der Waals surface area contributed by atoms with Crippen molar-refractivity contribution in [2.45, 2.75) is 6.92 Å². The Kier molecular flexibility index (Phi) is 1.40. The summed E-state index contributed by atoms with van der Waals surface area (Å²) in [5, 5.41) is 0. The number of hydrogen-bond donors (Lipinski definition) is 0. The quantitative estimate of drug-likeness (QED) is 0.582. The summed E-state index contributed by atoms with van der Waals surface area (Å²) in [6.45, 7) is 1.90. The molecule has 62 valence electrons. The molecule has 0 aliphatic carbocycles. The third-order valence-corrected chi connectivity index (χ3v) is 2.07. The number of hydrogen-bond acceptors (Lipinski definition) is 1. The number of nitrogens with zero attached hydrogens (tertiary/aromatic N) is 2. The third-order valence-electron chi connectivity index (χ3n) is 2.07. The largest absolute Gasteiger partial charge is 0.331 e. The number of aromatic nitrogens is 2. The van der Waals surface area contributed by atoms with E-state index >= 15 is 0 Å². The lowest BCUT2D eigenvalue weighted by Crippen LogP contribution is -1.89. The van der Waals surface area contributed by atoms with Gasteiger partial charge in [-0.1, -0.05) is 0 Å². The van der Waals surface area contributed by atoms with Gasteiger partial charge < -0.3 is 4.57 Å². The summed E-state index contributed by atoms with van der Waals surface area (Å²) in [7, 11) is 1.92. The second-order valence-corrected chi connectivity index (χ2v) is 2.85. The predicted octanol–water partition coefficient (Wildman–Crippen LogP) is 2.02. The molecular weight excluding hydrogens is 155 g/mol. The normalized spacial score (nSPS) is 10.9.